The summed E-state index contributed by atoms with van der Waals surface area (Å²) < 4.78 is 2.48. The van der Waals surface area contributed by atoms with Gasteiger partial charge in [0.2, 0.25) is 0 Å². The van der Waals surface area contributed by atoms with Crippen LogP contribution >= 0.6 is 22.9 Å². The molecular weight excluding hydrogens is 261 g/mol. The van der Waals surface area contributed by atoms with Gasteiger partial charge in [-0.2, -0.15) is 0 Å². The van der Waals surface area contributed by atoms with Crippen molar-refractivity contribution < 1.29 is 0 Å². The van der Waals surface area contributed by atoms with Crippen LogP contribution in [0.25, 0.3) is 0 Å². The SMILES string of the molecule is CC(C)C1C[C@@H]2CN(I)C[C@@H]2C1. The Morgan fingerprint density at radius 2 is 1.67 bits per heavy atom. The molecule has 1 saturated carbocycles. The first kappa shape index (κ1) is 9.25. The van der Waals surface area contributed by atoms with Gasteiger partial charge < -0.3 is 0 Å². The van der Waals surface area contributed by atoms with Gasteiger partial charge in [0.05, 0.1) is 0 Å². The van der Waals surface area contributed by atoms with Gasteiger partial charge in [0.15, 0.2) is 0 Å². The van der Waals surface area contributed by atoms with Crippen LogP contribution in [-0.2, 0) is 0 Å². The summed E-state index contributed by atoms with van der Waals surface area (Å²) in [5, 5.41) is 0. The fourth-order valence-corrected chi connectivity index (χ4v) is 3.85. The van der Waals surface area contributed by atoms with Gasteiger partial charge in [0.25, 0.3) is 0 Å². The first-order chi connectivity index (χ1) is 5.66. The summed E-state index contributed by atoms with van der Waals surface area (Å²) in [6.45, 7) is 7.48. The van der Waals surface area contributed by atoms with E-state index in [9.17, 15) is 0 Å². The minimum absolute atomic E-state index is 0.915. The number of hydrogen-bond donors (Lipinski definition) is 0. The van der Waals surface area contributed by atoms with E-state index in [0.29, 0.717) is 0 Å². The summed E-state index contributed by atoms with van der Waals surface area (Å²) in [6.07, 6.45) is 3.00. The molecule has 2 rings (SSSR count). The minimum Gasteiger partial charge on any atom is -0.247 e. The van der Waals surface area contributed by atoms with E-state index in [-0.39, 0.29) is 0 Å². The summed E-state index contributed by atoms with van der Waals surface area (Å²) in [5.41, 5.74) is 0. The van der Waals surface area contributed by atoms with Crippen molar-refractivity contribution in [1.82, 2.24) is 3.11 Å². The lowest BCUT2D eigenvalue weighted by Crippen LogP contribution is -2.12. The lowest BCUT2D eigenvalue weighted by Gasteiger charge is -2.16. The zero-order valence-electron chi connectivity index (χ0n) is 7.96. The maximum atomic E-state index is 2.48. The average molecular weight is 279 g/mol. The van der Waals surface area contributed by atoms with Crippen molar-refractivity contribution >= 4 is 22.9 Å². The van der Waals surface area contributed by atoms with Gasteiger partial charge in [-0.15, -0.1) is 0 Å². The maximum Gasteiger partial charge on any atom is 0.0201 e. The molecule has 1 saturated heterocycles. The number of fused-ring (bicyclic) bond motifs is 1. The second kappa shape index (κ2) is 3.45. The number of rotatable bonds is 1. The van der Waals surface area contributed by atoms with Crippen LogP contribution < -0.4 is 0 Å². The highest BCUT2D eigenvalue weighted by Gasteiger charge is 2.40. The quantitative estimate of drug-likeness (QED) is 0.527. The van der Waals surface area contributed by atoms with Gasteiger partial charge in [-0.25, -0.2) is 3.11 Å². The van der Waals surface area contributed by atoms with Gasteiger partial charge in [0.1, 0.15) is 0 Å². The van der Waals surface area contributed by atoms with E-state index >= 15 is 0 Å². The molecule has 1 nitrogen and oxygen atoms in total. The van der Waals surface area contributed by atoms with E-state index in [1.807, 2.05) is 0 Å². The van der Waals surface area contributed by atoms with Crippen LogP contribution in [0.1, 0.15) is 26.7 Å². The molecule has 70 valence electrons. The van der Waals surface area contributed by atoms with Crippen LogP contribution in [0.4, 0.5) is 0 Å². The van der Waals surface area contributed by atoms with Gasteiger partial charge in [-0.1, -0.05) is 13.8 Å². The van der Waals surface area contributed by atoms with Crippen LogP contribution in [0.5, 0.6) is 0 Å². The summed E-state index contributed by atoms with van der Waals surface area (Å²) >= 11 is 2.48. The molecule has 12 heavy (non-hydrogen) atoms. The number of hydrogen-bond acceptors (Lipinski definition) is 1. The normalized spacial score (nSPS) is 42.5. The Bertz CT molecular complexity index is 155. The highest BCUT2D eigenvalue weighted by Crippen LogP contribution is 2.44. The molecule has 0 amide bonds. The first-order valence-corrected chi connectivity index (χ1v) is 6.04. The van der Waals surface area contributed by atoms with E-state index in [1.54, 1.807) is 0 Å². The lowest BCUT2D eigenvalue weighted by molar-refractivity contribution is 0.357. The van der Waals surface area contributed by atoms with E-state index in [4.69, 9.17) is 0 Å². The Labute approximate surface area is 89.4 Å². The molecule has 2 fully saturated rings. The predicted octanol–water partition coefficient (Wildman–Crippen LogP) is 2.95. The molecule has 0 aromatic heterocycles. The van der Waals surface area contributed by atoms with Crippen LogP contribution in [0, 0.1) is 23.7 Å². The molecular formula is C10H18IN. The lowest BCUT2D eigenvalue weighted by atomic mass is 9.93. The Balaban J connectivity index is 1.93. The highest BCUT2D eigenvalue weighted by atomic mass is 127. The van der Waals surface area contributed by atoms with E-state index in [0.717, 1.165) is 23.7 Å². The fourth-order valence-electron chi connectivity index (χ4n) is 2.83. The molecule has 0 radical (unpaired) electrons. The Kier molecular flexibility index (Phi) is 2.66. The molecule has 1 aliphatic carbocycles. The van der Waals surface area contributed by atoms with Gasteiger partial charge >= 0.3 is 0 Å². The van der Waals surface area contributed by atoms with Gasteiger partial charge in [-0.05, 0) is 36.5 Å². The van der Waals surface area contributed by atoms with Crippen LogP contribution in [0.3, 0.4) is 0 Å². The largest absolute Gasteiger partial charge is 0.247 e. The monoisotopic (exact) mass is 279 g/mol. The topological polar surface area (TPSA) is 3.24 Å². The van der Waals surface area contributed by atoms with Crippen LogP contribution in [0.15, 0.2) is 0 Å². The molecule has 2 aliphatic rings. The molecule has 2 heteroatoms. The van der Waals surface area contributed by atoms with Crippen molar-refractivity contribution in [2.75, 3.05) is 13.1 Å². The summed E-state index contributed by atoms with van der Waals surface area (Å²) in [5.74, 6) is 4.02. The third-order valence-electron chi connectivity index (χ3n) is 3.69. The number of halogens is 1. The molecule has 0 spiro atoms. The van der Waals surface area contributed by atoms with Crippen LogP contribution in [-0.4, -0.2) is 16.2 Å². The zero-order chi connectivity index (χ0) is 8.72. The maximum absolute atomic E-state index is 2.48. The fraction of sp³-hybridized carbons (Fsp3) is 1.00. The summed E-state index contributed by atoms with van der Waals surface area (Å²) in [7, 11) is 0. The minimum atomic E-state index is 0.915. The predicted molar refractivity (Wildman–Crippen MR) is 60.1 cm³/mol. The van der Waals surface area contributed by atoms with Crippen molar-refractivity contribution in [3.63, 3.8) is 0 Å². The highest BCUT2D eigenvalue weighted by molar-refractivity contribution is 14.1. The summed E-state index contributed by atoms with van der Waals surface area (Å²) in [6, 6.07) is 0. The molecule has 0 aromatic carbocycles. The molecule has 1 unspecified atom stereocenters. The average Bonchev–Trinajstić information content (AvgIpc) is 2.42. The van der Waals surface area contributed by atoms with Gasteiger partial charge in [-0.3, -0.25) is 0 Å². The molecule has 1 heterocycles. The second-order valence-corrected chi connectivity index (χ2v) is 6.19. The summed E-state index contributed by atoms with van der Waals surface area (Å²) in [4.78, 5) is 0. The van der Waals surface area contributed by atoms with E-state index in [1.165, 1.54) is 25.9 Å². The van der Waals surface area contributed by atoms with Crippen molar-refractivity contribution in [2.24, 2.45) is 23.7 Å². The Morgan fingerprint density at radius 3 is 2.08 bits per heavy atom. The smallest absolute Gasteiger partial charge is 0.0201 e. The third-order valence-corrected chi connectivity index (χ3v) is 4.47. The molecule has 0 bridgehead atoms. The van der Waals surface area contributed by atoms with Gasteiger partial charge in [0, 0.05) is 36.0 Å². The third kappa shape index (κ3) is 1.65. The van der Waals surface area contributed by atoms with E-state index < -0.39 is 0 Å². The molecule has 0 N–H and O–H groups in total. The number of nitrogens with zero attached hydrogens (tertiary/aromatic N) is 1. The van der Waals surface area contributed by atoms with Crippen molar-refractivity contribution in [1.29, 1.82) is 0 Å². The first-order valence-electron chi connectivity index (χ1n) is 5.07. The standard InChI is InChI=1S/C10H18IN/c1-7(2)8-3-9-5-12(11)6-10(9)4-8/h7-10H,3-6H2,1-2H3/t8?,9-,10+. The Morgan fingerprint density at radius 1 is 1.17 bits per heavy atom. The van der Waals surface area contributed by atoms with Crippen molar-refractivity contribution in [3.05, 3.63) is 0 Å². The van der Waals surface area contributed by atoms with Crippen molar-refractivity contribution in [2.45, 2.75) is 26.7 Å². The second-order valence-electron chi connectivity index (χ2n) is 4.82. The molecule has 0 aromatic rings. The van der Waals surface area contributed by atoms with E-state index in [2.05, 4.69) is 39.8 Å². The van der Waals surface area contributed by atoms with Crippen LogP contribution in [0.2, 0.25) is 0 Å². The molecule has 3 atom stereocenters. The zero-order valence-corrected chi connectivity index (χ0v) is 10.1. The van der Waals surface area contributed by atoms with Crippen molar-refractivity contribution in [3.8, 4) is 0 Å². The molecule has 1 aliphatic heterocycles. The Hall–Kier alpha value is 0.690.